The summed E-state index contributed by atoms with van der Waals surface area (Å²) in [5, 5.41) is 3.16. The first-order valence-electron chi connectivity index (χ1n) is 6.84. The van der Waals surface area contributed by atoms with Crippen LogP contribution < -0.4 is 15.8 Å². The van der Waals surface area contributed by atoms with Crippen molar-refractivity contribution in [2.75, 3.05) is 0 Å². The molecule has 21 heavy (non-hydrogen) atoms. The van der Waals surface area contributed by atoms with Crippen LogP contribution in [-0.2, 0) is 11.2 Å². The normalized spacial score (nSPS) is 14.2. The number of hydrogen-bond acceptors (Lipinski definition) is 3. The summed E-state index contributed by atoms with van der Waals surface area (Å²) < 4.78 is 28.4. The van der Waals surface area contributed by atoms with Crippen LogP contribution in [0.2, 0.25) is 0 Å². The number of aryl methyl sites for hydroxylation is 1. The Morgan fingerprint density at radius 3 is 2.33 bits per heavy atom. The predicted molar refractivity (Wildman–Crippen MR) is 77.3 cm³/mol. The van der Waals surface area contributed by atoms with Crippen molar-refractivity contribution >= 4 is 5.91 Å². The third kappa shape index (κ3) is 5.67. The van der Waals surface area contributed by atoms with Gasteiger partial charge in [-0.15, -0.1) is 0 Å². The van der Waals surface area contributed by atoms with E-state index in [9.17, 15) is 13.6 Å². The van der Waals surface area contributed by atoms with Crippen molar-refractivity contribution in [3.63, 3.8) is 0 Å². The number of nitrogens with one attached hydrogen (secondary N) is 1. The van der Waals surface area contributed by atoms with E-state index in [0.29, 0.717) is 12.8 Å². The number of rotatable bonds is 8. The molecule has 0 bridgehead atoms. The number of halogens is 2. The monoisotopic (exact) mass is 300 g/mol. The molecule has 0 aliphatic carbocycles. The molecule has 1 unspecified atom stereocenters. The van der Waals surface area contributed by atoms with Crippen LogP contribution in [0.5, 0.6) is 5.75 Å². The van der Waals surface area contributed by atoms with Crippen molar-refractivity contribution in [3.8, 4) is 5.75 Å². The second-order valence-corrected chi connectivity index (χ2v) is 5.52. The Labute approximate surface area is 123 Å². The Bertz CT molecular complexity index is 463. The van der Waals surface area contributed by atoms with E-state index in [2.05, 4.69) is 10.1 Å². The number of alkyl halides is 2. The molecule has 6 heteroatoms. The molecule has 1 rings (SSSR count). The molecule has 3 N–H and O–H groups in total. The molecule has 0 aliphatic rings. The number of ether oxygens (including phenoxy) is 1. The average Bonchev–Trinajstić information content (AvgIpc) is 2.36. The van der Waals surface area contributed by atoms with Gasteiger partial charge in [0.25, 0.3) is 0 Å². The van der Waals surface area contributed by atoms with E-state index in [-0.39, 0.29) is 11.8 Å². The van der Waals surface area contributed by atoms with E-state index >= 15 is 0 Å². The van der Waals surface area contributed by atoms with Crippen molar-refractivity contribution in [3.05, 3.63) is 29.8 Å². The van der Waals surface area contributed by atoms with E-state index in [4.69, 9.17) is 5.73 Å². The summed E-state index contributed by atoms with van der Waals surface area (Å²) in [4.78, 5) is 11.6. The van der Waals surface area contributed by atoms with Crippen molar-refractivity contribution < 1.29 is 18.3 Å². The van der Waals surface area contributed by atoms with Crippen molar-refractivity contribution in [2.45, 2.75) is 51.8 Å². The lowest BCUT2D eigenvalue weighted by Crippen LogP contribution is -2.55. The first-order chi connectivity index (χ1) is 9.73. The minimum atomic E-state index is -2.83. The minimum absolute atomic E-state index is 0.117. The fourth-order valence-corrected chi connectivity index (χ4v) is 2.14. The summed E-state index contributed by atoms with van der Waals surface area (Å²) in [5.74, 6) is -0.291. The van der Waals surface area contributed by atoms with E-state index < -0.39 is 18.1 Å². The van der Waals surface area contributed by atoms with Gasteiger partial charge >= 0.3 is 6.61 Å². The van der Waals surface area contributed by atoms with Gasteiger partial charge in [0.05, 0.1) is 5.54 Å². The largest absolute Gasteiger partial charge is 0.435 e. The molecule has 0 aliphatic heterocycles. The summed E-state index contributed by atoms with van der Waals surface area (Å²) in [6.45, 7) is 2.82. The van der Waals surface area contributed by atoms with Gasteiger partial charge in [-0.3, -0.25) is 4.79 Å². The topological polar surface area (TPSA) is 64.3 Å². The highest BCUT2D eigenvalue weighted by Gasteiger charge is 2.30. The van der Waals surface area contributed by atoms with Gasteiger partial charge in [0, 0.05) is 6.04 Å². The fourth-order valence-electron chi connectivity index (χ4n) is 2.14. The Hall–Kier alpha value is -1.69. The first kappa shape index (κ1) is 17.4. The SMILES string of the molecule is CC(C)NC(C)(CCc1ccc(OC(F)F)cc1)C(N)=O. The standard InChI is InChI=1S/C15H22F2N2O2/c1-10(2)19-15(3,13(18)20)9-8-11-4-6-12(7-5-11)21-14(16)17/h4-7,10,14,19H,8-9H2,1-3H3,(H2,18,20). The van der Waals surface area contributed by atoms with Crippen molar-refractivity contribution in [1.82, 2.24) is 5.32 Å². The van der Waals surface area contributed by atoms with Crippen LogP contribution in [0.15, 0.2) is 24.3 Å². The van der Waals surface area contributed by atoms with Crippen LogP contribution in [-0.4, -0.2) is 24.1 Å². The molecule has 0 heterocycles. The molecule has 1 aromatic carbocycles. The highest BCUT2D eigenvalue weighted by atomic mass is 19.3. The number of primary amides is 1. The van der Waals surface area contributed by atoms with E-state index in [1.807, 2.05) is 13.8 Å². The van der Waals surface area contributed by atoms with Gasteiger partial charge in [-0.2, -0.15) is 8.78 Å². The van der Waals surface area contributed by atoms with Gasteiger partial charge in [-0.25, -0.2) is 0 Å². The zero-order valence-electron chi connectivity index (χ0n) is 12.5. The number of carbonyl (C=O) groups excluding carboxylic acids is 1. The van der Waals surface area contributed by atoms with Gasteiger partial charge in [0.1, 0.15) is 5.75 Å². The predicted octanol–water partition coefficient (Wildman–Crippen LogP) is 2.46. The van der Waals surface area contributed by atoms with E-state index in [0.717, 1.165) is 5.56 Å². The zero-order chi connectivity index (χ0) is 16.0. The lowest BCUT2D eigenvalue weighted by atomic mass is 9.91. The smallest absolute Gasteiger partial charge is 0.387 e. The minimum Gasteiger partial charge on any atom is -0.435 e. The Balaban J connectivity index is 2.66. The van der Waals surface area contributed by atoms with Gasteiger partial charge < -0.3 is 15.8 Å². The first-order valence-corrected chi connectivity index (χ1v) is 6.84. The molecule has 0 aromatic heterocycles. The summed E-state index contributed by atoms with van der Waals surface area (Å²) in [6, 6.07) is 6.50. The summed E-state index contributed by atoms with van der Waals surface area (Å²) in [6.07, 6.45) is 1.13. The van der Waals surface area contributed by atoms with Gasteiger partial charge in [0.2, 0.25) is 5.91 Å². The quantitative estimate of drug-likeness (QED) is 0.775. The molecule has 1 amide bonds. The highest BCUT2D eigenvalue weighted by molar-refractivity contribution is 5.84. The van der Waals surface area contributed by atoms with Crippen LogP contribution >= 0.6 is 0 Å². The van der Waals surface area contributed by atoms with Crippen molar-refractivity contribution in [1.29, 1.82) is 0 Å². The molecule has 0 spiro atoms. The average molecular weight is 300 g/mol. The Kier molecular flexibility index (Phi) is 6.08. The maximum absolute atomic E-state index is 12.1. The van der Waals surface area contributed by atoms with Crippen LogP contribution in [0.25, 0.3) is 0 Å². The molecule has 4 nitrogen and oxygen atoms in total. The summed E-state index contributed by atoms with van der Waals surface area (Å²) >= 11 is 0. The number of nitrogens with two attached hydrogens (primary N) is 1. The second kappa shape index (κ2) is 7.36. The summed E-state index contributed by atoms with van der Waals surface area (Å²) in [5.41, 5.74) is 5.58. The van der Waals surface area contributed by atoms with Crippen LogP contribution in [0.1, 0.15) is 32.8 Å². The molecule has 0 radical (unpaired) electrons. The molecular formula is C15H22F2N2O2. The van der Waals surface area contributed by atoms with Gasteiger partial charge in [-0.05, 0) is 51.3 Å². The van der Waals surface area contributed by atoms with E-state index in [1.54, 1.807) is 19.1 Å². The van der Waals surface area contributed by atoms with Crippen molar-refractivity contribution in [2.24, 2.45) is 5.73 Å². The summed E-state index contributed by atoms with van der Waals surface area (Å²) in [7, 11) is 0. The fraction of sp³-hybridized carbons (Fsp3) is 0.533. The Morgan fingerprint density at radius 1 is 1.33 bits per heavy atom. The van der Waals surface area contributed by atoms with Crippen LogP contribution in [0, 0.1) is 0 Å². The third-order valence-electron chi connectivity index (χ3n) is 3.21. The van der Waals surface area contributed by atoms with E-state index in [1.165, 1.54) is 12.1 Å². The second-order valence-electron chi connectivity index (χ2n) is 5.52. The van der Waals surface area contributed by atoms with Gasteiger partial charge in [-0.1, -0.05) is 12.1 Å². The molecule has 1 atom stereocenters. The Morgan fingerprint density at radius 2 is 1.90 bits per heavy atom. The number of benzene rings is 1. The molecule has 0 fully saturated rings. The lowest BCUT2D eigenvalue weighted by molar-refractivity contribution is -0.124. The number of hydrogen-bond donors (Lipinski definition) is 2. The zero-order valence-corrected chi connectivity index (χ0v) is 12.5. The maximum Gasteiger partial charge on any atom is 0.387 e. The molecule has 0 saturated heterocycles. The number of amides is 1. The number of carbonyl (C=O) groups is 1. The third-order valence-corrected chi connectivity index (χ3v) is 3.21. The molecule has 118 valence electrons. The maximum atomic E-state index is 12.1. The molecule has 1 aromatic rings. The highest BCUT2D eigenvalue weighted by Crippen LogP contribution is 2.19. The van der Waals surface area contributed by atoms with Gasteiger partial charge in [0.15, 0.2) is 0 Å². The lowest BCUT2D eigenvalue weighted by Gasteiger charge is -2.30. The molecular weight excluding hydrogens is 278 g/mol. The van der Waals surface area contributed by atoms with Crippen LogP contribution in [0.4, 0.5) is 8.78 Å². The van der Waals surface area contributed by atoms with Crippen LogP contribution in [0.3, 0.4) is 0 Å². The molecule has 0 saturated carbocycles.